The molecule has 0 saturated heterocycles. The standard InChI is InChI=1S/Mg.2Na.Sn. The predicted molar refractivity (Wildman–Crippen MR) is 23.0 cm³/mol. The van der Waals surface area contributed by atoms with Gasteiger partial charge in [-0.2, -0.15) is 0 Å². The molecule has 0 aliphatic rings. The van der Waals surface area contributed by atoms with Gasteiger partial charge in [0.2, 0.25) is 0 Å². The molecule has 8 valence electrons. The maximum atomic E-state index is 0. The zero-order chi connectivity index (χ0) is 0. The maximum Gasteiger partial charge on any atom is 0 e. The zero-order valence-corrected chi connectivity index (χ0v) is 11.5. The fourth-order valence-corrected chi connectivity index (χ4v) is 0. The van der Waals surface area contributed by atoms with Gasteiger partial charge in [-0.15, -0.1) is 0 Å². The van der Waals surface area contributed by atoms with Gasteiger partial charge in [0, 0.05) is 106 Å². The van der Waals surface area contributed by atoms with Crippen molar-refractivity contribution in [3.8, 4) is 0 Å². The van der Waals surface area contributed by atoms with Crippen LogP contribution in [-0.4, -0.2) is 106 Å². The third kappa shape index (κ3) is 9.12. The van der Waals surface area contributed by atoms with Crippen LogP contribution >= 0.6 is 0 Å². The summed E-state index contributed by atoms with van der Waals surface area (Å²) in [6, 6.07) is 0. The third-order valence-corrected chi connectivity index (χ3v) is 0. The molecule has 4 heavy (non-hydrogen) atoms. The van der Waals surface area contributed by atoms with E-state index in [0.29, 0.717) is 0 Å². The molecule has 0 rings (SSSR count). The van der Waals surface area contributed by atoms with Crippen LogP contribution in [0.5, 0.6) is 0 Å². The molecule has 0 amide bonds. The van der Waals surface area contributed by atoms with Gasteiger partial charge in [0.15, 0.2) is 0 Å². The monoisotopic (exact) mass is 190 g/mol. The maximum absolute atomic E-state index is 0. The first-order valence-corrected chi connectivity index (χ1v) is 0. The molecule has 0 spiro atoms. The molecule has 0 aromatic rings. The molecule has 0 fully saturated rings. The van der Waals surface area contributed by atoms with Crippen LogP contribution in [0, 0.1) is 0 Å². The second-order valence-electron chi connectivity index (χ2n) is 0. The third-order valence-electron chi connectivity index (χ3n) is 0. The van der Waals surface area contributed by atoms with Gasteiger partial charge < -0.3 is 0 Å². The molecule has 8 radical (unpaired) electrons. The van der Waals surface area contributed by atoms with Gasteiger partial charge in [-0.05, 0) is 0 Å². The predicted octanol–water partition coefficient (Wildman–Crippen LogP) is -1.52. The van der Waals surface area contributed by atoms with Crippen molar-refractivity contribution in [3.05, 3.63) is 0 Å². The zero-order valence-electron chi connectivity index (χ0n) is 3.21. The summed E-state index contributed by atoms with van der Waals surface area (Å²) in [6.45, 7) is 0. The van der Waals surface area contributed by atoms with Crippen molar-refractivity contribution in [1.82, 2.24) is 0 Å². The Bertz CT molecular complexity index is 6.00. The van der Waals surface area contributed by atoms with Gasteiger partial charge >= 0.3 is 0 Å². The fourth-order valence-electron chi connectivity index (χ4n) is 0. The van der Waals surface area contributed by atoms with Gasteiger partial charge in [-0.25, -0.2) is 0 Å². The minimum atomic E-state index is 0. The topological polar surface area (TPSA) is 0 Å². The van der Waals surface area contributed by atoms with Crippen LogP contribution in [0.2, 0.25) is 0 Å². The van der Waals surface area contributed by atoms with Crippen LogP contribution in [0.25, 0.3) is 0 Å². The molecular formula is MgNa2Sn. The second-order valence-corrected chi connectivity index (χ2v) is 0. The van der Waals surface area contributed by atoms with E-state index in [4.69, 9.17) is 0 Å². The second kappa shape index (κ2) is 16.0. The Morgan fingerprint density at radius 1 is 0.750 bits per heavy atom. The number of hydrogen-bond acceptors (Lipinski definition) is 0. The molecule has 0 heterocycles. The van der Waals surface area contributed by atoms with E-state index in [9.17, 15) is 0 Å². The Balaban J connectivity index is 0. The smallest absolute Gasteiger partial charge is 0 e. The van der Waals surface area contributed by atoms with Crippen molar-refractivity contribution < 1.29 is 0 Å². The SMILES string of the molecule is [Mg].[Na].[Na].[Sn]. The fraction of sp³-hybridized carbons (Fsp3) is 0. The normalized spacial score (nSPS) is 0. The molecular weight excluding hydrogens is 189 g/mol. The minimum Gasteiger partial charge on any atom is 0 e. The van der Waals surface area contributed by atoms with E-state index >= 15 is 0 Å². The van der Waals surface area contributed by atoms with Crippen LogP contribution in [-0.2, 0) is 0 Å². The molecule has 0 atom stereocenters. The van der Waals surface area contributed by atoms with Gasteiger partial charge in [0.05, 0.1) is 0 Å². The Morgan fingerprint density at radius 2 is 0.750 bits per heavy atom. The van der Waals surface area contributed by atoms with Crippen molar-refractivity contribution in [3.63, 3.8) is 0 Å². The van der Waals surface area contributed by atoms with Crippen molar-refractivity contribution in [2.24, 2.45) is 0 Å². The van der Waals surface area contributed by atoms with Gasteiger partial charge in [-0.1, -0.05) is 0 Å². The first-order valence-electron chi connectivity index (χ1n) is 0. The van der Waals surface area contributed by atoms with Crippen LogP contribution in [0.4, 0.5) is 0 Å². The van der Waals surface area contributed by atoms with Crippen LogP contribution in [0.1, 0.15) is 0 Å². The molecule has 0 N–H and O–H groups in total. The summed E-state index contributed by atoms with van der Waals surface area (Å²) in [4.78, 5) is 0. The Hall–Kier alpha value is 3.56. The average Bonchev–Trinajstić information content (AvgIpc) is 0. The van der Waals surface area contributed by atoms with Gasteiger partial charge in [0.1, 0.15) is 0 Å². The molecule has 0 aliphatic carbocycles. The van der Waals surface area contributed by atoms with E-state index < -0.39 is 0 Å². The summed E-state index contributed by atoms with van der Waals surface area (Å²) in [5, 5.41) is 0. The Labute approximate surface area is 104 Å². The summed E-state index contributed by atoms with van der Waals surface area (Å²) < 4.78 is 0. The van der Waals surface area contributed by atoms with Crippen LogP contribution in [0.3, 0.4) is 0 Å². The van der Waals surface area contributed by atoms with E-state index in [1.807, 2.05) is 0 Å². The summed E-state index contributed by atoms with van der Waals surface area (Å²) in [7, 11) is 0. The van der Waals surface area contributed by atoms with Gasteiger partial charge in [0.25, 0.3) is 0 Å². The minimum absolute atomic E-state index is 0. The van der Waals surface area contributed by atoms with Crippen LogP contribution < -0.4 is 0 Å². The summed E-state index contributed by atoms with van der Waals surface area (Å²) >= 11 is 0. The largest absolute Gasteiger partial charge is 0 e. The molecule has 0 bridgehead atoms. The Kier molecular flexibility index (Phi) is 103. The Morgan fingerprint density at radius 3 is 0.750 bits per heavy atom. The average molecular weight is 189 g/mol. The first kappa shape index (κ1) is 25.7. The van der Waals surface area contributed by atoms with Crippen molar-refractivity contribution in [2.45, 2.75) is 0 Å². The molecule has 4 heteroatoms. The molecule has 0 saturated carbocycles. The van der Waals surface area contributed by atoms with E-state index in [2.05, 4.69) is 0 Å². The van der Waals surface area contributed by atoms with Gasteiger partial charge in [-0.3, -0.25) is 0 Å². The quantitative estimate of drug-likeness (QED) is 0.406. The number of rotatable bonds is 0. The van der Waals surface area contributed by atoms with Crippen LogP contribution in [0.15, 0.2) is 0 Å². The number of hydrogen-bond donors (Lipinski definition) is 0. The van der Waals surface area contributed by atoms with E-state index in [-0.39, 0.29) is 106 Å². The van der Waals surface area contributed by atoms with E-state index in [1.165, 1.54) is 0 Å². The summed E-state index contributed by atoms with van der Waals surface area (Å²) in [5.41, 5.74) is 0. The molecule has 0 aliphatic heterocycles. The summed E-state index contributed by atoms with van der Waals surface area (Å²) in [6.07, 6.45) is 0. The first-order chi connectivity index (χ1) is 0. The van der Waals surface area contributed by atoms with Crippen molar-refractivity contribution in [1.29, 1.82) is 0 Å². The summed E-state index contributed by atoms with van der Waals surface area (Å²) in [5.74, 6) is 0. The van der Waals surface area contributed by atoms with Crippen molar-refractivity contribution >= 4 is 106 Å². The van der Waals surface area contributed by atoms with E-state index in [1.54, 1.807) is 0 Å². The molecule has 0 nitrogen and oxygen atoms in total. The van der Waals surface area contributed by atoms with Crippen molar-refractivity contribution in [2.75, 3.05) is 0 Å². The molecule has 0 aromatic carbocycles. The van der Waals surface area contributed by atoms with E-state index in [0.717, 1.165) is 0 Å². The molecule has 0 aromatic heterocycles. The molecule has 0 unspecified atom stereocenters.